The van der Waals surface area contributed by atoms with Gasteiger partial charge in [-0.3, -0.25) is 4.79 Å². The smallest absolute Gasteiger partial charge is 0.227 e. The summed E-state index contributed by atoms with van der Waals surface area (Å²) in [4.78, 5) is 21.8. The maximum atomic E-state index is 13.0. The largest absolute Gasteiger partial charge is 0.494 e. The first kappa shape index (κ1) is 21.1. The average molecular weight is 421 g/mol. The van der Waals surface area contributed by atoms with Crippen LogP contribution in [0.4, 0.5) is 0 Å². The van der Waals surface area contributed by atoms with Gasteiger partial charge in [-0.05, 0) is 43.8 Å². The number of rotatable bonds is 7. The van der Waals surface area contributed by atoms with Crippen molar-refractivity contribution in [2.75, 3.05) is 33.3 Å². The van der Waals surface area contributed by atoms with Gasteiger partial charge in [0.15, 0.2) is 0 Å². The Balaban J connectivity index is 1.39. The second-order valence-corrected chi connectivity index (χ2v) is 7.74. The number of piperazine rings is 1. The summed E-state index contributed by atoms with van der Waals surface area (Å²) in [5.41, 5.74) is 2.02. The molecule has 4 rings (SSSR count). The molecule has 162 valence electrons. The Labute approximate surface area is 182 Å². The molecule has 2 heterocycles. The number of benzene rings is 2. The molecule has 31 heavy (non-hydrogen) atoms. The van der Waals surface area contributed by atoms with E-state index in [4.69, 9.17) is 9.26 Å². The topological polar surface area (TPSA) is 71.7 Å². The van der Waals surface area contributed by atoms with Crippen LogP contribution >= 0.6 is 0 Å². The SMILES string of the molecule is CCOc1ccc(-c2noc(CCC(=O)N3CCN(C)C[C@@H]3c3ccccc3)n2)cc1. The molecule has 0 spiro atoms. The van der Waals surface area contributed by atoms with E-state index >= 15 is 0 Å². The molecule has 3 aromatic rings. The van der Waals surface area contributed by atoms with Crippen LogP contribution in [0.25, 0.3) is 11.4 Å². The summed E-state index contributed by atoms with van der Waals surface area (Å²) in [6, 6.07) is 17.9. The van der Waals surface area contributed by atoms with Crippen molar-refractivity contribution in [2.45, 2.75) is 25.8 Å². The standard InChI is InChI=1S/C24H28N4O3/c1-3-30-20-11-9-19(10-12-20)24-25-22(31-26-24)13-14-23(29)28-16-15-27(2)17-21(28)18-7-5-4-6-8-18/h4-12,21H,3,13-17H2,1-2H3/t21-/m1/s1. The van der Waals surface area contributed by atoms with Crippen LogP contribution in [-0.2, 0) is 11.2 Å². The Bertz CT molecular complexity index is 988. The van der Waals surface area contributed by atoms with E-state index < -0.39 is 0 Å². The maximum Gasteiger partial charge on any atom is 0.227 e. The molecule has 0 bridgehead atoms. The lowest BCUT2D eigenvalue weighted by Gasteiger charge is -2.40. The lowest BCUT2D eigenvalue weighted by molar-refractivity contribution is -0.136. The highest BCUT2D eigenvalue weighted by atomic mass is 16.5. The van der Waals surface area contributed by atoms with Crippen molar-refractivity contribution in [3.63, 3.8) is 0 Å². The first-order valence-electron chi connectivity index (χ1n) is 10.7. The highest BCUT2D eigenvalue weighted by molar-refractivity contribution is 5.77. The zero-order chi connectivity index (χ0) is 21.6. The number of aryl methyl sites for hydroxylation is 1. The van der Waals surface area contributed by atoms with Gasteiger partial charge in [-0.1, -0.05) is 35.5 Å². The molecule has 1 atom stereocenters. The average Bonchev–Trinajstić information content (AvgIpc) is 3.28. The second-order valence-electron chi connectivity index (χ2n) is 7.74. The summed E-state index contributed by atoms with van der Waals surface area (Å²) >= 11 is 0. The molecular formula is C24H28N4O3. The summed E-state index contributed by atoms with van der Waals surface area (Å²) in [5.74, 6) is 1.92. The van der Waals surface area contributed by atoms with Crippen LogP contribution in [0.1, 0.15) is 30.8 Å². The monoisotopic (exact) mass is 420 g/mol. The van der Waals surface area contributed by atoms with E-state index in [1.165, 1.54) is 0 Å². The van der Waals surface area contributed by atoms with Gasteiger partial charge >= 0.3 is 0 Å². The number of nitrogens with zero attached hydrogens (tertiary/aromatic N) is 4. The first-order chi connectivity index (χ1) is 15.1. The molecule has 0 aliphatic carbocycles. The third kappa shape index (κ3) is 5.11. The van der Waals surface area contributed by atoms with Crippen LogP contribution in [0.3, 0.4) is 0 Å². The number of hydrogen-bond donors (Lipinski definition) is 0. The van der Waals surface area contributed by atoms with Crippen LogP contribution in [0, 0.1) is 0 Å². The molecule has 0 radical (unpaired) electrons. The summed E-state index contributed by atoms with van der Waals surface area (Å²) in [7, 11) is 2.10. The van der Waals surface area contributed by atoms with E-state index in [2.05, 4.69) is 34.2 Å². The second kappa shape index (κ2) is 9.75. The van der Waals surface area contributed by atoms with E-state index in [0.717, 1.165) is 36.5 Å². The van der Waals surface area contributed by atoms with E-state index in [-0.39, 0.29) is 11.9 Å². The van der Waals surface area contributed by atoms with Crippen LogP contribution in [0.15, 0.2) is 59.1 Å². The quantitative estimate of drug-likeness (QED) is 0.582. The molecule has 1 saturated heterocycles. The van der Waals surface area contributed by atoms with Gasteiger partial charge in [0, 0.05) is 38.0 Å². The zero-order valence-corrected chi connectivity index (χ0v) is 18.0. The number of hydrogen-bond acceptors (Lipinski definition) is 6. The molecule has 0 N–H and O–H groups in total. The van der Waals surface area contributed by atoms with Crippen molar-refractivity contribution in [1.82, 2.24) is 19.9 Å². The summed E-state index contributed by atoms with van der Waals surface area (Å²) < 4.78 is 10.9. The van der Waals surface area contributed by atoms with Gasteiger partial charge in [0.1, 0.15) is 5.75 Å². The van der Waals surface area contributed by atoms with Crippen molar-refractivity contribution in [3.05, 3.63) is 66.1 Å². The van der Waals surface area contributed by atoms with Crippen molar-refractivity contribution in [2.24, 2.45) is 0 Å². The summed E-state index contributed by atoms with van der Waals surface area (Å²) in [6.07, 6.45) is 0.772. The number of likely N-dealkylation sites (N-methyl/N-ethyl adjacent to an activating group) is 1. The third-order valence-electron chi connectivity index (χ3n) is 5.53. The zero-order valence-electron chi connectivity index (χ0n) is 18.0. The Kier molecular flexibility index (Phi) is 6.62. The molecule has 2 aromatic carbocycles. The fourth-order valence-corrected chi connectivity index (χ4v) is 3.88. The molecular weight excluding hydrogens is 392 g/mol. The highest BCUT2D eigenvalue weighted by Gasteiger charge is 2.30. The Hall–Kier alpha value is -3.19. The maximum absolute atomic E-state index is 13.0. The van der Waals surface area contributed by atoms with Gasteiger partial charge in [0.25, 0.3) is 0 Å². The van der Waals surface area contributed by atoms with Crippen LogP contribution in [0.2, 0.25) is 0 Å². The minimum absolute atomic E-state index is 0.0644. The third-order valence-corrected chi connectivity index (χ3v) is 5.53. The highest BCUT2D eigenvalue weighted by Crippen LogP contribution is 2.26. The van der Waals surface area contributed by atoms with Gasteiger partial charge in [-0.25, -0.2) is 0 Å². The number of carbonyl (C=O) groups is 1. The number of aromatic nitrogens is 2. The molecule has 0 unspecified atom stereocenters. The van der Waals surface area contributed by atoms with Crippen molar-refractivity contribution in [1.29, 1.82) is 0 Å². The Morgan fingerprint density at radius 3 is 2.65 bits per heavy atom. The molecule has 7 nitrogen and oxygen atoms in total. The van der Waals surface area contributed by atoms with E-state index in [1.807, 2.05) is 54.3 Å². The lowest BCUT2D eigenvalue weighted by Crippen LogP contribution is -2.49. The molecule has 1 aliphatic heterocycles. The molecule has 7 heteroatoms. The minimum atomic E-state index is 0.0644. The van der Waals surface area contributed by atoms with Crippen molar-refractivity contribution in [3.8, 4) is 17.1 Å². The van der Waals surface area contributed by atoms with Crippen LogP contribution in [0.5, 0.6) is 5.75 Å². The van der Waals surface area contributed by atoms with Crippen LogP contribution < -0.4 is 4.74 Å². The molecule has 1 aliphatic rings. The molecule has 1 aromatic heterocycles. The van der Waals surface area contributed by atoms with Gasteiger partial charge in [0.2, 0.25) is 17.6 Å². The van der Waals surface area contributed by atoms with Crippen LogP contribution in [-0.4, -0.2) is 59.1 Å². The first-order valence-corrected chi connectivity index (χ1v) is 10.7. The number of amides is 1. The van der Waals surface area contributed by atoms with Gasteiger partial charge < -0.3 is 19.1 Å². The van der Waals surface area contributed by atoms with Gasteiger partial charge in [-0.2, -0.15) is 4.98 Å². The van der Waals surface area contributed by atoms with Gasteiger partial charge in [0.05, 0.1) is 12.6 Å². The lowest BCUT2D eigenvalue weighted by atomic mass is 10.0. The fraction of sp³-hybridized carbons (Fsp3) is 0.375. The number of ether oxygens (including phenoxy) is 1. The normalized spacial score (nSPS) is 17.0. The van der Waals surface area contributed by atoms with E-state index in [0.29, 0.717) is 31.2 Å². The molecule has 1 fully saturated rings. The Morgan fingerprint density at radius 2 is 1.90 bits per heavy atom. The van der Waals surface area contributed by atoms with E-state index in [9.17, 15) is 4.79 Å². The summed E-state index contributed by atoms with van der Waals surface area (Å²) in [5, 5.41) is 4.07. The minimum Gasteiger partial charge on any atom is -0.494 e. The van der Waals surface area contributed by atoms with Crippen molar-refractivity contribution < 1.29 is 14.1 Å². The number of carbonyl (C=O) groups excluding carboxylic acids is 1. The fourth-order valence-electron chi connectivity index (χ4n) is 3.88. The predicted octanol–water partition coefficient (Wildman–Crippen LogP) is 3.58. The molecule has 0 saturated carbocycles. The molecule has 1 amide bonds. The van der Waals surface area contributed by atoms with Gasteiger partial charge in [-0.15, -0.1) is 0 Å². The van der Waals surface area contributed by atoms with E-state index in [1.54, 1.807) is 0 Å². The Morgan fingerprint density at radius 1 is 1.13 bits per heavy atom. The van der Waals surface area contributed by atoms with Crippen molar-refractivity contribution >= 4 is 5.91 Å². The summed E-state index contributed by atoms with van der Waals surface area (Å²) in [6.45, 7) is 4.99. The predicted molar refractivity (Wildman–Crippen MR) is 118 cm³/mol.